The van der Waals surface area contributed by atoms with Gasteiger partial charge in [0.05, 0.1) is 15.4 Å². The van der Waals surface area contributed by atoms with Gasteiger partial charge in [-0.1, -0.05) is 11.6 Å². The van der Waals surface area contributed by atoms with Crippen LogP contribution in [-0.2, 0) is 11.3 Å². The van der Waals surface area contributed by atoms with E-state index < -0.39 is 15.8 Å². The summed E-state index contributed by atoms with van der Waals surface area (Å²) < 4.78 is 16.1. The molecule has 0 spiro atoms. The molecule has 0 aliphatic carbocycles. The molecule has 0 bridgehead atoms. The molecule has 0 amide bonds. The lowest BCUT2D eigenvalue weighted by Gasteiger charge is -2.07. The number of nitro benzene ring substituents is 2. The third-order valence-corrected chi connectivity index (χ3v) is 4.79. The number of halogens is 1. The lowest BCUT2D eigenvalue weighted by molar-refractivity contribution is -0.385. The van der Waals surface area contributed by atoms with Crippen LogP contribution in [0.3, 0.4) is 0 Å². The number of carbonyl (C=O) groups is 1. The number of benzene rings is 3. The smallest absolute Gasteiger partial charge is 0.338 e. The minimum Gasteiger partial charge on any atom is -0.452 e. The van der Waals surface area contributed by atoms with Gasteiger partial charge in [0.15, 0.2) is 6.61 Å². The van der Waals surface area contributed by atoms with Gasteiger partial charge in [0.2, 0.25) is 11.6 Å². The van der Waals surface area contributed by atoms with Crippen LogP contribution < -0.4 is 4.74 Å². The zero-order valence-corrected chi connectivity index (χ0v) is 18.2. The van der Waals surface area contributed by atoms with E-state index in [1.165, 1.54) is 66.7 Å². The summed E-state index contributed by atoms with van der Waals surface area (Å²) >= 11 is 5.79. The van der Waals surface area contributed by atoms with Crippen LogP contribution in [0.15, 0.2) is 71.1 Å². The molecule has 0 saturated carbocycles. The molecule has 1 aromatic heterocycles. The molecule has 0 saturated heterocycles. The molecule has 176 valence electrons. The standard InChI is InChI=1S/C22H13ClN4O8/c23-15-5-10-19(18(11-15)27(31)32)34-17-8-3-14(4-9-17)22(28)33-12-20-24-25-21(35-20)13-1-6-16(7-2-13)26(29)30/h1-11H,12H2. The predicted molar refractivity (Wildman–Crippen MR) is 120 cm³/mol. The monoisotopic (exact) mass is 496 g/mol. The fourth-order valence-corrected chi connectivity index (χ4v) is 3.04. The molecule has 0 N–H and O–H groups in total. The maximum absolute atomic E-state index is 12.3. The molecule has 13 heteroatoms. The van der Waals surface area contributed by atoms with Crippen LogP contribution in [0.4, 0.5) is 11.4 Å². The molecule has 12 nitrogen and oxygen atoms in total. The van der Waals surface area contributed by atoms with Crippen LogP contribution in [-0.4, -0.2) is 26.0 Å². The number of nitro groups is 2. The zero-order valence-electron chi connectivity index (χ0n) is 17.5. The van der Waals surface area contributed by atoms with Gasteiger partial charge in [-0.05, 0) is 48.5 Å². The Labute approximate surface area is 201 Å². The van der Waals surface area contributed by atoms with Crippen molar-refractivity contribution in [3.63, 3.8) is 0 Å². The molecule has 1 heterocycles. The Bertz CT molecular complexity index is 1400. The first-order valence-corrected chi connectivity index (χ1v) is 10.1. The van der Waals surface area contributed by atoms with Crippen molar-refractivity contribution in [1.82, 2.24) is 10.2 Å². The van der Waals surface area contributed by atoms with E-state index in [1.807, 2.05) is 0 Å². The van der Waals surface area contributed by atoms with E-state index >= 15 is 0 Å². The van der Waals surface area contributed by atoms with Gasteiger partial charge in [0.1, 0.15) is 5.75 Å². The van der Waals surface area contributed by atoms with Gasteiger partial charge < -0.3 is 13.9 Å². The molecule has 4 rings (SSSR count). The Kier molecular flexibility index (Phi) is 6.64. The summed E-state index contributed by atoms with van der Waals surface area (Å²) in [7, 11) is 0. The summed E-state index contributed by atoms with van der Waals surface area (Å²) in [5, 5.41) is 29.7. The molecule has 4 aromatic rings. The third kappa shape index (κ3) is 5.57. The average Bonchev–Trinajstić information content (AvgIpc) is 3.33. The van der Waals surface area contributed by atoms with E-state index in [4.69, 9.17) is 25.5 Å². The molecule has 3 aromatic carbocycles. The zero-order chi connectivity index (χ0) is 24.9. The third-order valence-electron chi connectivity index (χ3n) is 4.55. The second-order valence-electron chi connectivity index (χ2n) is 6.88. The number of nitrogens with zero attached hydrogens (tertiary/aromatic N) is 4. The number of carbonyl (C=O) groups excluding carboxylic acids is 1. The largest absolute Gasteiger partial charge is 0.452 e. The quantitative estimate of drug-likeness (QED) is 0.176. The van der Waals surface area contributed by atoms with Gasteiger partial charge in [0, 0.05) is 28.8 Å². The predicted octanol–water partition coefficient (Wildman–Crippen LogP) is 5.36. The highest BCUT2D eigenvalue weighted by Gasteiger charge is 2.17. The molecule has 0 atom stereocenters. The van der Waals surface area contributed by atoms with Crippen molar-refractivity contribution in [3.8, 4) is 23.0 Å². The van der Waals surface area contributed by atoms with Crippen LogP contribution in [0.5, 0.6) is 11.5 Å². The molecular formula is C22H13ClN4O8. The minimum atomic E-state index is -0.677. The van der Waals surface area contributed by atoms with Crippen molar-refractivity contribution < 1.29 is 28.5 Å². The van der Waals surface area contributed by atoms with E-state index in [-0.39, 0.29) is 51.8 Å². The van der Waals surface area contributed by atoms with E-state index in [1.54, 1.807) is 0 Å². The highest BCUT2D eigenvalue weighted by molar-refractivity contribution is 6.30. The Morgan fingerprint density at radius 2 is 1.66 bits per heavy atom. The van der Waals surface area contributed by atoms with Gasteiger partial charge in [-0.15, -0.1) is 10.2 Å². The minimum absolute atomic E-state index is 0.00468. The molecule has 0 radical (unpaired) electrons. The molecule has 35 heavy (non-hydrogen) atoms. The van der Waals surface area contributed by atoms with E-state index in [9.17, 15) is 25.0 Å². The lowest BCUT2D eigenvalue weighted by atomic mass is 10.2. The van der Waals surface area contributed by atoms with Crippen molar-refractivity contribution in [2.24, 2.45) is 0 Å². The Morgan fingerprint density at radius 3 is 2.31 bits per heavy atom. The van der Waals surface area contributed by atoms with Crippen molar-refractivity contribution in [1.29, 1.82) is 0 Å². The second-order valence-corrected chi connectivity index (χ2v) is 7.31. The number of aromatic nitrogens is 2. The van der Waals surface area contributed by atoms with Gasteiger partial charge in [-0.3, -0.25) is 20.2 Å². The lowest BCUT2D eigenvalue weighted by Crippen LogP contribution is -2.05. The number of rotatable bonds is 8. The first kappa shape index (κ1) is 23.3. The number of hydrogen-bond donors (Lipinski definition) is 0. The normalized spacial score (nSPS) is 10.5. The van der Waals surface area contributed by atoms with Gasteiger partial charge in [-0.2, -0.15) is 0 Å². The summed E-state index contributed by atoms with van der Waals surface area (Å²) in [5.74, 6) is -0.277. The molecule has 0 aliphatic heterocycles. The topological polar surface area (TPSA) is 161 Å². The van der Waals surface area contributed by atoms with Gasteiger partial charge in [0.25, 0.3) is 11.6 Å². The molecule has 0 unspecified atom stereocenters. The maximum Gasteiger partial charge on any atom is 0.338 e. The molecule has 0 fully saturated rings. The summed E-state index contributed by atoms with van der Waals surface area (Å²) in [4.78, 5) is 33.1. The first-order chi connectivity index (χ1) is 16.8. The highest BCUT2D eigenvalue weighted by atomic mass is 35.5. The maximum atomic E-state index is 12.3. The van der Waals surface area contributed by atoms with Crippen molar-refractivity contribution in [2.75, 3.05) is 0 Å². The number of non-ortho nitro benzene ring substituents is 1. The number of hydrogen-bond acceptors (Lipinski definition) is 10. The Balaban J connectivity index is 1.36. The molecule has 0 aliphatic rings. The summed E-state index contributed by atoms with van der Waals surface area (Å²) in [5.41, 5.74) is 0.286. The number of esters is 1. The average molecular weight is 497 g/mol. The SMILES string of the molecule is O=C(OCc1nnc(-c2ccc([N+](=O)[O-])cc2)o1)c1ccc(Oc2ccc(Cl)cc2[N+](=O)[O-])cc1. The van der Waals surface area contributed by atoms with E-state index in [0.717, 1.165) is 0 Å². The van der Waals surface area contributed by atoms with Crippen molar-refractivity contribution in [3.05, 3.63) is 103 Å². The van der Waals surface area contributed by atoms with Crippen LogP contribution in [0.25, 0.3) is 11.5 Å². The summed E-state index contributed by atoms with van der Waals surface area (Å²) in [6.07, 6.45) is 0. The van der Waals surface area contributed by atoms with Crippen LogP contribution in [0, 0.1) is 20.2 Å². The highest BCUT2D eigenvalue weighted by Crippen LogP contribution is 2.33. The van der Waals surface area contributed by atoms with Gasteiger partial charge >= 0.3 is 11.7 Å². The van der Waals surface area contributed by atoms with Crippen LogP contribution in [0.2, 0.25) is 5.02 Å². The first-order valence-electron chi connectivity index (χ1n) is 9.76. The summed E-state index contributed by atoms with van der Waals surface area (Å²) in [6, 6.07) is 15.3. The fraction of sp³-hybridized carbons (Fsp3) is 0.0455. The van der Waals surface area contributed by atoms with Gasteiger partial charge in [-0.25, -0.2) is 4.79 Å². The van der Waals surface area contributed by atoms with Crippen LogP contribution >= 0.6 is 11.6 Å². The van der Waals surface area contributed by atoms with Crippen molar-refractivity contribution >= 4 is 28.9 Å². The number of ether oxygens (including phenoxy) is 2. The fourth-order valence-electron chi connectivity index (χ4n) is 2.87. The van der Waals surface area contributed by atoms with Crippen LogP contribution in [0.1, 0.15) is 16.2 Å². The van der Waals surface area contributed by atoms with Crippen molar-refractivity contribution in [2.45, 2.75) is 6.61 Å². The summed E-state index contributed by atoms with van der Waals surface area (Å²) in [6.45, 7) is -0.298. The molecular weight excluding hydrogens is 484 g/mol. The van der Waals surface area contributed by atoms with E-state index in [0.29, 0.717) is 5.56 Å². The Morgan fingerprint density at radius 1 is 0.943 bits per heavy atom. The Hall–Kier alpha value is -4.84. The van der Waals surface area contributed by atoms with E-state index in [2.05, 4.69) is 10.2 Å². The second kappa shape index (κ2) is 9.97.